The summed E-state index contributed by atoms with van der Waals surface area (Å²) < 4.78 is 5.05. The van der Waals surface area contributed by atoms with E-state index in [0.29, 0.717) is 6.61 Å². The zero-order valence-corrected chi connectivity index (χ0v) is 12.0. The SMILES string of the molecule is COC[C@H](C)Nc1nc(-c2cccc([N+](=O)[O-])c2)cs1. The molecule has 20 heavy (non-hydrogen) atoms. The molecule has 1 aromatic carbocycles. The lowest BCUT2D eigenvalue weighted by Crippen LogP contribution is -2.20. The van der Waals surface area contributed by atoms with Crippen molar-refractivity contribution in [2.45, 2.75) is 13.0 Å². The molecule has 0 radical (unpaired) electrons. The molecule has 106 valence electrons. The minimum absolute atomic E-state index is 0.0674. The summed E-state index contributed by atoms with van der Waals surface area (Å²) in [4.78, 5) is 14.8. The van der Waals surface area contributed by atoms with Gasteiger partial charge < -0.3 is 10.1 Å². The first-order valence-corrected chi connectivity index (χ1v) is 6.94. The topological polar surface area (TPSA) is 77.3 Å². The quantitative estimate of drug-likeness (QED) is 0.654. The van der Waals surface area contributed by atoms with E-state index in [1.807, 2.05) is 18.4 Å². The third kappa shape index (κ3) is 3.52. The Labute approximate surface area is 120 Å². The van der Waals surface area contributed by atoms with Gasteiger partial charge in [0.25, 0.3) is 5.69 Å². The minimum Gasteiger partial charge on any atom is -0.383 e. The molecule has 7 heteroatoms. The van der Waals surface area contributed by atoms with Gasteiger partial charge in [-0.15, -0.1) is 11.3 Å². The fourth-order valence-electron chi connectivity index (χ4n) is 1.75. The molecule has 1 aromatic heterocycles. The maximum Gasteiger partial charge on any atom is 0.270 e. The summed E-state index contributed by atoms with van der Waals surface area (Å²) in [6.45, 7) is 2.59. The molecular weight excluding hydrogens is 278 g/mol. The largest absolute Gasteiger partial charge is 0.383 e. The fraction of sp³-hybridized carbons (Fsp3) is 0.308. The van der Waals surface area contributed by atoms with Gasteiger partial charge in [0, 0.05) is 36.2 Å². The zero-order valence-electron chi connectivity index (χ0n) is 11.2. The second-order valence-corrected chi connectivity index (χ2v) is 5.20. The van der Waals surface area contributed by atoms with E-state index in [-0.39, 0.29) is 11.7 Å². The van der Waals surface area contributed by atoms with E-state index >= 15 is 0 Å². The van der Waals surface area contributed by atoms with Crippen LogP contribution >= 0.6 is 11.3 Å². The molecule has 2 rings (SSSR count). The molecule has 0 saturated heterocycles. The highest BCUT2D eigenvalue weighted by Crippen LogP contribution is 2.27. The molecule has 1 N–H and O–H groups in total. The van der Waals surface area contributed by atoms with Crippen LogP contribution in [0, 0.1) is 10.1 Å². The van der Waals surface area contributed by atoms with E-state index in [2.05, 4.69) is 10.3 Å². The van der Waals surface area contributed by atoms with Crippen LogP contribution in [0.4, 0.5) is 10.8 Å². The van der Waals surface area contributed by atoms with E-state index < -0.39 is 4.92 Å². The number of benzene rings is 1. The van der Waals surface area contributed by atoms with Crippen LogP contribution in [-0.4, -0.2) is 29.7 Å². The second-order valence-electron chi connectivity index (χ2n) is 4.35. The number of rotatable bonds is 6. The third-order valence-electron chi connectivity index (χ3n) is 2.64. The van der Waals surface area contributed by atoms with E-state index in [4.69, 9.17) is 4.74 Å². The van der Waals surface area contributed by atoms with Gasteiger partial charge in [-0.3, -0.25) is 10.1 Å². The molecule has 0 aliphatic carbocycles. The van der Waals surface area contributed by atoms with Crippen LogP contribution in [0.5, 0.6) is 0 Å². The highest BCUT2D eigenvalue weighted by atomic mass is 32.1. The molecule has 0 spiro atoms. The predicted octanol–water partition coefficient (Wildman–Crippen LogP) is 3.17. The number of hydrogen-bond acceptors (Lipinski definition) is 6. The van der Waals surface area contributed by atoms with Gasteiger partial charge >= 0.3 is 0 Å². The van der Waals surface area contributed by atoms with Crippen molar-refractivity contribution in [2.24, 2.45) is 0 Å². The zero-order chi connectivity index (χ0) is 14.5. The number of aromatic nitrogens is 1. The molecular formula is C13H15N3O3S. The van der Waals surface area contributed by atoms with Crippen molar-refractivity contribution < 1.29 is 9.66 Å². The summed E-state index contributed by atoms with van der Waals surface area (Å²) in [5.74, 6) is 0. The van der Waals surface area contributed by atoms with Crippen LogP contribution in [0.25, 0.3) is 11.3 Å². The van der Waals surface area contributed by atoms with Crippen molar-refractivity contribution in [3.63, 3.8) is 0 Å². The standard InChI is InChI=1S/C13H15N3O3S/c1-9(7-19-2)14-13-15-12(8-20-13)10-4-3-5-11(6-10)16(17)18/h3-6,8-9H,7H2,1-2H3,(H,14,15)/t9-/m0/s1. The summed E-state index contributed by atoms with van der Waals surface area (Å²) in [7, 11) is 1.65. The van der Waals surface area contributed by atoms with Gasteiger partial charge in [-0.1, -0.05) is 12.1 Å². The molecule has 0 aliphatic heterocycles. The lowest BCUT2D eigenvalue weighted by molar-refractivity contribution is -0.384. The lowest BCUT2D eigenvalue weighted by atomic mass is 10.1. The first kappa shape index (κ1) is 14.4. The van der Waals surface area contributed by atoms with Gasteiger partial charge in [-0.05, 0) is 6.92 Å². The Morgan fingerprint density at radius 2 is 2.35 bits per heavy atom. The molecule has 0 aliphatic rings. The smallest absolute Gasteiger partial charge is 0.270 e. The first-order chi connectivity index (χ1) is 9.60. The van der Waals surface area contributed by atoms with Gasteiger partial charge in [-0.25, -0.2) is 4.98 Å². The fourth-order valence-corrected chi connectivity index (χ4v) is 2.59. The van der Waals surface area contributed by atoms with Crippen LogP contribution in [0.1, 0.15) is 6.92 Å². The van der Waals surface area contributed by atoms with Crippen molar-refractivity contribution in [3.05, 3.63) is 39.8 Å². The maximum absolute atomic E-state index is 10.8. The number of nitro groups is 1. The minimum atomic E-state index is -0.407. The van der Waals surface area contributed by atoms with Crippen molar-refractivity contribution in [1.29, 1.82) is 0 Å². The molecule has 0 amide bonds. The van der Waals surface area contributed by atoms with Crippen LogP contribution in [0.2, 0.25) is 0 Å². The number of nitro benzene ring substituents is 1. The first-order valence-electron chi connectivity index (χ1n) is 6.06. The summed E-state index contributed by atoms with van der Waals surface area (Å²) >= 11 is 1.47. The van der Waals surface area contributed by atoms with E-state index in [1.54, 1.807) is 13.2 Å². The van der Waals surface area contributed by atoms with Gasteiger partial charge in [0.05, 0.1) is 17.2 Å². The Kier molecular flexibility index (Phi) is 4.65. The Bertz CT molecular complexity index is 600. The summed E-state index contributed by atoms with van der Waals surface area (Å²) in [5, 5.41) is 16.6. The summed E-state index contributed by atoms with van der Waals surface area (Å²) in [6, 6.07) is 6.62. The van der Waals surface area contributed by atoms with E-state index in [1.165, 1.54) is 23.5 Å². The van der Waals surface area contributed by atoms with Crippen LogP contribution in [-0.2, 0) is 4.74 Å². The van der Waals surface area contributed by atoms with Crippen molar-refractivity contribution in [3.8, 4) is 11.3 Å². The summed E-state index contributed by atoms with van der Waals surface area (Å²) in [6.07, 6.45) is 0. The van der Waals surface area contributed by atoms with E-state index in [9.17, 15) is 10.1 Å². The highest BCUT2D eigenvalue weighted by Gasteiger charge is 2.11. The average Bonchev–Trinajstić information content (AvgIpc) is 2.87. The van der Waals surface area contributed by atoms with Crippen LogP contribution in [0.3, 0.4) is 0 Å². The number of hydrogen-bond donors (Lipinski definition) is 1. The van der Waals surface area contributed by atoms with Crippen LogP contribution < -0.4 is 5.32 Å². The van der Waals surface area contributed by atoms with Gasteiger partial charge in [0.1, 0.15) is 0 Å². The maximum atomic E-state index is 10.8. The van der Waals surface area contributed by atoms with Gasteiger partial charge in [0.15, 0.2) is 5.13 Å². The number of anilines is 1. The van der Waals surface area contributed by atoms with Crippen LogP contribution in [0.15, 0.2) is 29.6 Å². The number of nitrogens with zero attached hydrogens (tertiary/aromatic N) is 2. The molecule has 1 heterocycles. The van der Waals surface area contributed by atoms with Gasteiger partial charge in [0.2, 0.25) is 0 Å². The predicted molar refractivity (Wildman–Crippen MR) is 79.2 cm³/mol. The Morgan fingerprint density at radius 1 is 1.55 bits per heavy atom. The average molecular weight is 293 g/mol. The van der Waals surface area contributed by atoms with Crippen molar-refractivity contribution >= 4 is 22.2 Å². The highest BCUT2D eigenvalue weighted by molar-refractivity contribution is 7.14. The number of nitrogens with one attached hydrogen (secondary N) is 1. The lowest BCUT2D eigenvalue weighted by Gasteiger charge is -2.10. The molecule has 0 unspecified atom stereocenters. The Morgan fingerprint density at radius 3 is 3.05 bits per heavy atom. The normalized spacial score (nSPS) is 12.1. The van der Waals surface area contributed by atoms with Gasteiger partial charge in [-0.2, -0.15) is 0 Å². The molecule has 0 fully saturated rings. The molecule has 0 saturated carbocycles. The number of methoxy groups -OCH3 is 1. The van der Waals surface area contributed by atoms with E-state index in [0.717, 1.165) is 16.4 Å². The molecule has 0 bridgehead atoms. The molecule has 2 aromatic rings. The number of non-ortho nitro benzene ring substituents is 1. The third-order valence-corrected chi connectivity index (χ3v) is 3.42. The molecule has 1 atom stereocenters. The Balaban J connectivity index is 2.16. The Hall–Kier alpha value is -1.99. The number of ether oxygens (including phenoxy) is 1. The number of thiazole rings is 1. The summed E-state index contributed by atoms with van der Waals surface area (Å²) in [5.41, 5.74) is 1.53. The molecule has 6 nitrogen and oxygen atoms in total. The van der Waals surface area contributed by atoms with Crippen molar-refractivity contribution in [1.82, 2.24) is 4.98 Å². The second kappa shape index (κ2) is 6.44. The van der Waals surface area contributed by atoms with Crippen molar-refractivity contribution in [2.75, 3.05) is 19.0 Å². The monoisotopic (exact) mass is 293 g/mol.